The Bertz CT molecular complexity index is 408. The van der Waals surface area contributed by atoms with Crippen molar-refractivity contribution in [2.75, 3.05) is 6.54 Å². The smallest absolute Gasteiger partial charge is 0.167 e. The molecule has 2 unspecified atom stereocenters. The number of carbonyl (C=O) groups is 1. The van der Waals surface area contributed by atoms with E-state index >= 15 is 0 Å². The molecule has 2 atom stereocenters. The number of carbonyl (C=O) groups excluding carboxylic acids is 1. The summed E-state index contributed by atoms with van der Waals surface area (Å²) in [6.07, 6.45) is 2.90. The summed E-state index contributed by atoms with van der Waals surface area (Å²) in [5.74, 6) is 2.49. The molecular formula is C14H21NO2. The fourth-order valence-electron chi connectivity index (χ4n) is 2.62. The highest BCUT2D eigenvalue weighted by molar-refractivity contribution is 5.97. The first-order valence-electron chi connectivity index (χ1n) is 6.40. The summed E-state index contributed by atoms with van der Waals surface area (Å²) in [6, 6.07) is 2.19. The van der Waals surface area contributed by atoms with Crippen LogP contribution < -0.4 is 5.32 Å². The molecule has 1 aliphatic rings. The first kappa shape index (κ1) is 12.4. The number of aryl methyl sites for hydroxylation is 2. The fraction of sp³-hybridized carbons (Fsp3) is 0.643. The van der Waals surface area contributed by atoms with Crippen LogP contribution in [0.4, 0.5) is 0 Å². The first-order chi connectivity index (χ1) is 8.06. The molecule has 0 radical (unpaired) electrons. The number of ketones is 1. The largest absolute Gasteiger partial charge is 0.466 e. The van der Waals surface area contributed by atoms with E-state index < -0.39 is 0 Å². The second-order valence-electron chi connectivity index (χ2n) is 5.23. The van der Waals surface area contributed by atoms with Crippen molar-refractivity contribution in [2.45, 2.75) is 46.1 Å². The Morgan fingerprint density at radius 2 is 2.29 bits per heavy atom. The van der Waals surface area contributed by atoms with Gasteiger partial charge in [0.1, 0.15) is 11.5 Å². The molecule has 0 amide bonds. The maximum Gasteiger partial charge on any atom is 0.167 e. The van der Waals surface area contributed by atoms with Gasteiger partial charge in [0.25, 0.3) is 0 Å². The van der Waals surface area contributed by atoms with E-state index in [0.717, 1.165) is 36.0 Å². The zero-order valence-electron chi connectivity index (χ0n) is 10.9. The number of rotatable bonds is 3. The van der Waals surface area contributed by atoms with Crippen molar-refractivity contribution in [3.05, 3.63) is 23.2 Å². The lowest BCUT2D eigenvalue weighted by Gasteiger charge is -2.27. The molecule has 0 bridgehead atoms. The highest BCUT2D eigenvalue weighted by Crippen LogP contribution is 2.21. The van der Waals surface area contributed by atoms with E-state index in [0.29, 0.717) is 12.5 Å². The maximum absolute atomic E-state index is 12.2. The van der Waals surface area contributed by atoms with Gasteiger partial charge in [0.05, 0.1) is 5.56 Å². The molecule has 1 aromatic rings. The molecule has 0 aliphatic carbocycles. The van der Waals surface area contributed by atoms with Crippen LogP contribution in [-0.4, -0.2) is 18.4 Å². The average Bonchev–Trinajstić information content (AvgIpc) is 2.58. The zero-order chi connectivity index (χ0) is 12.4. The maximum atomic E-state index is 12.2. The van der Waals surface area contributed by atoms with Crippen LogP contribution in [0.5, 0.6) is 0 Å². The summed E-state index contributed by atoms with van der Waals surface area (Å²) in [5.41, 5.74) is 0.752. The summed E-state index contributed by atoms with van der Waals surface area (Å²) in [4.78, 5) is 12.2. The summed E-state index contributed by atoms with van der Waals surface area (Å²) >= 11 is 0. The Labute approximate surface area is 103 Å². The molecule has 0 spiro atoms. The van der Waals surface area contributed by atoms with Crippen LogP contribution >= 0.6 is 0 Å². The molecule has 94 valence electrons. The van der Waals surface area contributed by atoms with Crippen molar-refractivity contribution in [3.8, 4) is 0 Å². The van der Waals surface area contributed by atoms with E-state index in [2.05, 4.69) is 12.2 Å². The Kier molecular flexibility index (Phi) is 3.67. The SMILES string of the molecule is Cc1cc(C(=O)CC2CC(C)CCN2)c(C)o1. The van der Waals surface area contributed by atoms with Gasteiger partial charge in [-0.25, -0.2) is 0 Å². The highest BCUT2D eigenvalue weighted by Gasteiger charge is 2.23. The standard InChI is InChI=1S/C14H21NO2/c1-9-4-5-15-12(6-9)8-14(16)13-7-10(2)17-11(13)3/h7,9,12,15H,4-6,8H2,1-3H3. The predicted octanol–water partition coefficient (Wildman–Crippen LogP) is 2.86. The van der Waals surface area contributed by atoms with E-state index in [1.165, 1.54) is 6.42 Å². The molecule has 1 fully saturated rings. The molecule has 1 N–H and O–H groups in total. The Hall–Kier alpha value is -1.09. The van der Waals surface area contributed by atoms with E-state index in [9.17, 15) is 4.79 Å². The van der Waals surface area contributed by atoms with Gasteiger partial charge in [-0.2, -0.15) is 0 Å². The third-order valence-corrected chi connectivity index (χ3v) is 3.53. The quantitative estimate of drug-likeness (QED) is 0.819. The van der Waals surface area contributed by atoms with Gasteiger partial charge in [-0.1, -0.05) is 6.92 Å². The summed E-state index contributed by atoms with van der Waals surface area (Å²) in [6.45, 7) is 7.02. The van der Waals surface area contributed by atoms with Crippen LogP contribution in [0.1, 0.15) is 48.1 Å². The minimum absolute atomic E-state index is 0.200. The molecule has 2 heterocycles. The van der Waals surface area contributed by atoms with Gasteiger partial charge in [-0.3, -0.25) is 4.79 Å². The van der Waals surface area contributed by atoms with Crippen LogP contribution in [0.2, 0.25) is 0 Å². The van der Waals surface area contributed by atoms with E-state index in [1.807, 2.05) is 19.9 Å². The van der Waals surface area contributed by atoms with Gasteiger partial charge in [-0.05, 0) is 45.2 Å². The lowest BCUT2D eigenvalue weighted by Crippen LogP contribution is -2.38. The normalized spacial score (nSPS) is 24.9. The Balaban J connectivity index is 1.99. The number of Topliss-reactive ketones (excluding diaryl/α,β-unsaturated/α-hetero) is 1. The lowest BCUT2D eigenvalue weighted by molar-refractivity contribution is 0.0957. The van der Waals surface area contributed by atoms with Gasteiger partial charge in [0.15, 0.2) is 5.78 Å². The second-order valence-corrected chi connectivity index (χ2v) is 5.23. The summed E-state index contributed by atoms with van der Waals surface area (Å²) in [5, 5.41) is 3.42. The minimum atomic E-state index is 0.200. The molecule has 17 heavy (non-hydrogen) atoms. The van der Waals surface area contributed by atoms with Crippen molar-refractivity contribution in [1.29, 1.82) is 0 Å². The molecule has 2 rings (SSSR count). The molecular weight excluding hydrogens is 214 g/mol. The molecule has 3 heteroatoms. The first-order valence-corrected chi connectivity index (χ1v) is 6.40. The minimum Gasteiger partial charge on any atom is -0.466 e. The molecule has 0 saturated carbocycles. The monoisotopic (exact) mass is 235 g/mol. The molecule has 1 saturated heterocycles. The van der Waals surface area contributed by atoms with Gasteiger partial charge in [-0.15, -0.1) is 0 Å². The number of nitrogens with one attached hydrogen (secondary N) is 1. The number of hydrogen-bond acceptors (Lipinski definition) is 3. The predicted molar refractivity (Wildman–Crippen MR) is 67.3 cm³/mol. The van der Waals surface area contributed by atoms with Crippen molar-refractivity contribution in [1.82, 2.24) is 5.32 Å². The average molecular weight is 235 g/mol. The lowest BCUT2D eigenvalue weighted by atomic mass is 9.90. The molecule has 1 aliphatic heterocycles. The van der Waals surface area contributed by atoms with E-state index in [1.54, 1.807) is 0 Å². The van der Waals surface area contributed by atoms with Crippen molar-refractivity contribution < 1.29 is 9.21 Å². The highest BCUT2D eigenvalue weighted by atomic mass is 16.3. The van der Waals surface area contributed by atoms with Crippen molar-refractivity contribution in [2.24, 2.45) is 5.92 Å². The van der Waals surface area contributed by atoms with E-state index in [4.69, 9.17) is 4.42 Å². The summed E-state index contributed by atoms with van der Waals surface area (Å²) in [7, 11) is 0. The Morgan fingerprint density at radius 3 is 2.88 bits per heavy atom. The summed E-state index contributed by atoms with van der Waals surface area (Å²) < 4.78 is 5.40. The van der Waals surface area contributed by atoms with Crippen LogP contribution in [0, 0.1) is 19.8 Å². The molecule has 0 aromatic carbocycles. The van der Waals surface area contributed by atoms with Gasteiger partial charge in [0, 0.05) is 12.5 Å². The topological polar surface area (TPSA) is 42.2 Å². The Morgan fingerprint density at radius 1 is 1.53 bits per heavy atom. The van der Waals surface area contributed by atoms with Gasteiger partial charge < -0.3 is 9.73 Å². The van der Waals surface area contributed by atoms with E-state index in [-0.39, 0.29) is 5.78 Å². The fourth-order valence-corrected chi connectivity index (χ4v) is 2.62. The zero-order valence-corrected chi connectivity index (χ0v) is 10.9. The molecule has 3 nitrogen and oxygen atoms in total. The number of hydrogen-bond donors (Lipinski definition) is 1. The van der Waals surface area contributed by atoms with Gasteiger partial charge >= 0.3 is 0 Å². The van der Waals surface area contributed by atoms with Crippen LogP contribution in [-0.2, 0) is 0 Å². The van der Waals surface area contributed by atoms with Crippen molar-refractivity contribution >= 4 is 5.78 Å². The third-order valence-electron chi connectivity index (χ3n) is 3.53. The van der Waals surface area contributed by atoms with Crippen LogP contribution in [0.3, 0.4) is 0 Å². The number of furan rings is 1. The van der Waals surface area contributed by atoms with Crippen molar-refractivity contribution in [3.63, 3.8) is 0 Å². The van der Waals surface area contributed by atoms with Crippen LogP contribution in [0.15, 0.2) is 10.5 Å². The van der Waals surface area contributed by atoms with Crippen LogP contribution in [0.25, 0.3) is 0 Å². The molecule has 1 aromatic heterocycles. The second kappa shape index (κ2) is 5.05. The number of piperidine rings is 1. The van der Waals surface area contributed by atoms with Gasteiger partial charge in [0.2, 0.25) is 0 Å². The third kappa shape index (κ3) is 2.97.